The number of methoxy groups -OCH3 is 1. The van der Waals surface area contributed by atoms with Gasteiger partial charge in [0.2, 0.25) is 5.91 Å². The van der Waals surface area contributed by atoms with Gasteiger partial charge in [0.25, 0.3) is 0 Å². The van der Waals surface area contributed by atoms with Gasteiger partial charge in [0.1, 0.15) is 5.75 Å². The highest BCUT2D eigenvalue weighted by Crippen LogP contribution is 2.32. The van der Waals surface area contributed by atoms with E-state index < -0.39 is 0 Å². The molecule has 1 unspecified atom stereocenters. The fraction of sp³-hybridized carbons (Fsp3) is 0.533. The van der Waals surface area contributed by atoms with E-state index in [1.165, 1.54) is 11.1 Å². The summed E-state index contributed by atoms with van der Waals surface area (Å²) in [6.45, 7) is 2.93. The SMILES string of the molecule is COc1ccc2c(c1)C(C)N(C(=O)CCSC)CC2. The average molecular weight is 279 g/mol. The molecule has 1 atom stereocenters. The Hall–Kier alpha value is -1.16. The molecule has 1 aromatic rings. The first-order chi connectivity index (χ1) is 9.17. The molecule has 104 valence electrons. The van der Waals surface area contributed by atoms with Gasteiger partial charge in [0.05, 0.1) is 13.2 Å². The molecule has 0 aliphatic carbocycles. The maximum Gasteiger partial charge on any atom is 0.223 e. The van der Waals surface area contributed by atoms with Crippen molar-refractivity contribution in [3.63, 3.8) is 0 Å². The van der Waals surface area contributed by atoms with Crippen molar-refractivity contribution in [1.82, 2.24) is 4.90 Å². The van der Waals surface area contributed by atoms with Gasteiger partial charge in [-0.2, -0.15) is 11.8 Å². The Morgan fingerprint density at radius 3 is 3.00 bits per heavy atom. The number of carbonyl (C=O) groups excluding carboxylic acids is 1. The molecule has 19 heavy (non-hydrogen) atoms. The molecule has 0 saturated heterocycles. The first kappa shape index (κ1) is 14.3. The van der Waals surface area contributed by atoms with Crippen molar-refractivity contribution in [3.05, 3.63) is 29.3 Å². The largest absolute Gasteiger partial charge is 0.497 e. The van der Waals surface area contributed by atoms with Gasteiger partial charge in [0.15, 0.2) is 0 Å². The summed E-state index contributed by atoms with van der Waals surface area (Å²) in [5.74, 6) is 2.02. The fourth-order valence-corrected chi connectivity index (χ4v) is 2.97. The highest BCUT2D eigenvalue weighted by Gasteiger charge is 2.27. The number of fused-ring (bicyclic) bond motifs is 1. The van der Waals surface area contributed by atoms with Crippen LogP contribution in [-0.4, -0.2) is 36.5 Å². The second kappa shape index (κ2) is 6.33. The summed E-state index contributed by atoms with van der Waals surface area (Å²) in [7, 11) is 1.68. The predicted molar refractivity (Wildman–Crippen MR) is 79.8 cm³/mol. The fourth-order valence-electron chi connectivity index (χ4n) is 2.59. The topological polar surface area (TPSA) is 29.5 Å². The Morgan fingerprint density at radius 2 is 2.32 bits per heavy atom. The Bertz CT molecular complexity index is 461. The summed E-state index contributed by atoms with van der Waals surface area (Å²) in [5.41, 5.74) is 2.56. The highest BCUT2D eigenvalue weighted by molar-refractivity contribution is 7.98. The van der Waals surface area contributed by atoms with Crippen LogP contribution < -0.4 is 4.74 Å². The highest BCUT2D eigenvalue weighted by atomic mass is 32.2. The molecule has 0 bridgehead atoms. The molecule has 2 rings (SSSR count). The molecule has 1 aromatic carbocycles. The lowest BCUT2D eigenvalue weighted by Gasteiger charge is -2.35. The van der Waals surface area contributed by atoms with E-state index in [1.807, 2.05) is 17.2 Å². The predicted octanol–water partition coefficient (Wildman–Crippen LogP) is 2.89. The summed E-state index contributed by atoms with van der Waals surface area (Å²) in [6.07, 6.45) is 3.60. The number of hydrogen-bond donors (Lipinski definition) is 0. The minimum Gasteiger partial charge on any atom is -0.497 e. The number of ether oxygens (including phenoxy) is 1. The van der Waals surface area contributed by atoms with Crippen molar-refractivity contribution in [2.75, 3.05) is 25.7 Å². The van der Waals surface area contributed by atoms with Crippen LogP contribution in [0.2, 0.25) is 0 Å². The van der Waals surface area contributed by atoms with Gasteiger partial charge >= 0.3 is 0 Å². The van der Waals surface area contributed by atoms with Crippen LogP contribution in [0.3, 0.4) is 0 Å². The number of nitrogens with zero attached hydrogens (tertiary/aromatic N) is 1. The minimum atomic E-state index is 0.146. The van der Waals surface area contributed by atoms with E-state index in [-0.39, 0.29) is 11.9 Å². The molecule has 0 N–H and O–H groups in total. The van der Waals surface area contributed by atoms with Crippen molar-refractivity contribution in [1.29, 1.82) is 0 Å². The zero-order chi connectivity index (χ0) is 13.8. The zero-order valence-corrected chi connectivity index (χ0v) is 12.6. The quantitative estimate of drug-likeness (QED) is 0.849. The van der Waals surface area contributed by atoms with Crippen LogP contribution in [0, 0.1) is 0 Å². The van der Waals surface area contributed by atoms with Crippen molar-refractivity contribution in [2.45, 2.75) is 25.8 Å². The third-order valence-electron chi connectivity index (χ3n) is 3.73. The van der Waals surface area contributed by atoms with Crippen LogP contribution in [0.4, 0.5) is 0 Å². The molecule has 1 amide bonds. The summed E-state index contributed by atoms with van der Waals surface area (Å²) >= 11 is 1.72. The van der Waals surface area contributed by atoms with E-state index in [2.05, 4.69) is 19.1 Å². The maximum absolute atomic E-state index is 12.2. The molecule has 0 radical (unpaired) electrons. The Labute approximate surface area is 119 Å². The average Bonchev–Trinajstić information content (AvgIpc) is 2.45. The van der Waals surface area contributed by atoms with Gasteiger partial charge in [-0.15, -0.1) is 0 Å². The summed E-state index contributed by atoms with van der Waals surface area (Å²) in [4.78, 5) is 14.2. The van der Waals surface area contributed by atoms with Crippen molar-refractivity contribution in [3.8, 4) is 5.75 Å². The zero-order valence-electron chi connectivity index (χ0n) is 11.8. The lowest BCUT2D eigenvalue weighted by Crippen LogP contribution is -2.39. The molecule has 3 nitrogen and oxygen atoms in total. The molecule has 0 fully saturated rings. The second-order valence-electron chi connectivity index (χ2n) is 4.82. The van der Waals surface area contributed by atoms with Gasteiger partial charge < -0.3 is 9.64 Å². The molecule has 1 aliphatic rings. The number of thioether (sulfide) groups is 1. The number of hydrogen-bond acceptors (Lipinski definition) is 3. The van der Waals surface area contributed by atoms with Gasteiger partial charge in [0, 0.05) is 18.7 Å². The Morgan fingerprint density at radius 1 is 1.53 bits per heavy atom. The number of benzene rings is 1. The van der Waals surface area contributed by atoms with Crippen LogP contribution in [-0.2, 0) is 11.2 Å². The van der Waals surface area contributed by atoms with Crippen molar-refractivity contribution < 1.29 is 9.53 Å². The lowest BCUT2D eigenvalue weighted by atomic mass is 9.93. The van der Waals surface area contributed by atoms with Gasteiger partial charge in [-0.1, -0.05) is 6.07 Å². The molecule has 0 aromatic heterocycles. The van der Waals surface area contributed by atoms with Crippen molar-refractivity contribution >= 4 is 17.7 Å². The van der Waals surface area contributed by atoms with E-state index in [1.54, 1.807) is 18.9 Å². The molecule has 4 heteroatoms. The minimum absolute atomic E-state index is 0.146. The van der Waals surface area contributed by atoms with E-state index in [4.69, 9.17) is 4.74 Å². The first-order valence-electron chi connectivity index (χ1n) is 6.62. The molecule has 1 heterocycles. The summed E-state index contributed by atoms with van der Waals surface area (Å²) < 4.78 is 5.28. The monoisotopic (exact) mass is 279 g/mol. The van der Waals surface area contributed by atoms with Crippen LogP contribution in [0.5, 0.6) is 5.75 Å². The molecule has 0 spiro atoms. The summed E-state index contributed by atoms with van der Waals surface area (Å²) in [5, 5.41) is 0. The third kappa shape index (κ3) is 3.06. The maximum atomic E-state index is 12.2. The molecule has 0 saturated carbocycles. The summed E-state index contributed by atoms with van der Waals surface area (Å²) in [6, 6.07) is 6.33. The molecule has 1 aliphatic heterocycles. The van der Waals surface area contributed by atoms with Gasteiger partial charge in [-0.3, -0.25) is 4.79 Å². The third-order valence-corrected chi connectivity index (χ3v) is 4.35. The molecular formula is C15H21NO2S. The Kier molecular flexibility index (Phi) is 4.75. The van der Waals surface area contributed by atoms with Crippen LogP contribution >= 0.6 is 11.8 Å². The number of carbonyl (C=O) groups is 1. The standard InChI is InChI=1S/C15H21NO2S/c1-11-14-10-13(18-2)5-4-12(14)6-8-16(11)15(17)7-9-19-3/h4-5,10-11H,6-9H2,1-3H3. The van der Waals surface area contributed by atoms with E-state index >= 15 is 0 Å². The number of rotatable bonds is 4. The molecular weight excluding hydrogens is 258 g/mol. The van der Waals surface area contributed by atoms with Gasteiger partial charge in [-0.25, -0.2) is 0 Å². The smallest absolute Gasteiger partial charge is 0.223 e. The van der Waals surface area contributed by atoms with E-state index in [9.17, 15) is 4.79 Å². The van der Waals surface area contributed by atoms with E-state index in [0.29, 0.717) is 6.42 Å². The number of amides is 1. The van der Waals surface area contributed by atoms with Crippen molar-refractivity contribution in [2.24, 2.45) is 0 Å². The van der Waals surface area contributed by atoms with Crippen LogP contribution in [0.15, 0.2) is 18.2 Å². The van der Waals surface area contributed by atoms with Crippen LogP contribution in [0.25, 0.3) is 0 Å². The Balaban J connectivity index is 2.18. The second-order valence-corrected chi connectivity index (χ2v) is 5.81. The van der Waals surface area contributed by atoms with Gasteiger partial charge in [-0.05, 0) is 42.9 Å². The first-order valence-corrected chi connectivity index (χ1v) is 8.02. The lowest BCUT2D eigenvalue weighted by molar-refractivity contribution is -0.133. The normalized spacial score (nSPS) is 18.1. The van der Waals surface area contributed by atoms with E-state index in [0.717, 1.165) is 24.5 Å². The van der Waals surface area contributed by atoms with Crippen LogP contribution in [0.1, 0.15) is 30.5 Å².